The minimum absolute atomic E-state index is 0.428. The van der Waals surface area contributed by atoms with Crippen molar-refractivity contribution in [2.45, 2.75) is 39.2 Å². The Morgan fingerprint density at radius 1 is 1.25 bits per heavy atom. The first-order valence-corrected chi connectivity index (χ1v) is 7.54. The Balaban J connectivity index is 2.33. The van der Waals surface area contributed by atoms with E-state index >= 15 is 0 Å². The van der Waals surface area contributed by atoms with Gasteiger partial charge in [-0.05, 0) is 20.3 Å². The van der Waals surface area contributed by atoms with Gasteiger partial charge in [0.2, 0.25) is 0 Å². The van der Waals surface area contributed by atoms with Crippen LogP contribution in [0.25, 0.3) is 0 Å². The van der Waals surface area contributed by atoms with Crippen LogP contribution in [0.15, 0.2) is 0 Å². The van der Waals surface area contributed by atoms with Gasteiger partial charge in [-0.1, -0.05) is 13.3 Å². The highest BCUT2D eigenvalue weighted by Crippen LogP contribution is 2.16. The van der Waals surface area contributed by atoms with Gasteiger partial charge >= 0.3 is 18.0 Å². The van der Waals surface area contributed by atoms with Crippen LogP contribution < -0.4 is 16.0 Å². The van der Waals surface area contributed by atoms with Crippen molar-refractivity contribution in [1.82, 2.24) is 20.9 Å². The van der Waals surface area contributed by atoms with E-state index < -0.39 is 48.5 Å². The fourth-order valence-corrected chi connectivity index (χ4v) is 1.87. The molecule has 134 valence electrons. The van der Waals surface area contributed by atoms with E-state index in [9.17, 15) is 24.0 Å². The van der Waals surface area contributed by atoms with E-state index in [0.717, 1.165) is 12.8 Å². The fourth-order valence-electron chi connectivity index (χ4n) is 1.87. The Hall–Kier alpha value is -2.65. The molecule has 0 aliphatic carbocycles. The average Bonchev–Trinajstić information content (AvgIpc) is 2.67. The highest BCUT2D eigenvalue weighted by atomic mass is 16.5. The number of hydrogen-bond donors (Lipinski definition) is 3. The number of nitrogens with zero attached hydrogens (tertiary/aromatic N) is 1. The zero-order valence-electron chi connectivity index (χ0n) is 13.9. The summed E-state index contributed by atoms with van der Waals surface area (Å²) in [5.41, 5.74) is -1.09. The molecule has 0 atom stereocenters. The van der Waals surface area contributed by atoms with E-state index in [0.29, 0.717) is 11.4 Å². The predicted molar refractivity (Wildman–Crippen MR) is 81.7 cm³/mol. The number of amides is 6. The summed E-state index contributed by atoms with van der Waals surface area (Å²) >= 11 is 0. The van der Waals surface area contributed by atoms with Crippen molar-refractivity contribution in [1.29, 1.82) is 0 Å². The maximum atomic E-state index is 11.9. The molecule has 1 saturated heterocycles. The van der Waals surface area contributed by atoms with E-state index in [1.54, 1.807) is 0 Å². The zero-order valence-corrected chi connectivity index (χ0v) is 13.9. The number of carbonyl (C=O) groups excluding carboxylic acids is 5. The number of ether oxygens (including phenoxy) is 1. The van der Waals surface area contributed by atoms with Crippen LogP contribution in [0.2, 0.25) is 0 Å². The zero-order chi connectivity index (χ0) is 18.3. The first kappa shape index (κ1) is 19.4. The molecule has 0 aromatic carbocycles. The molecular formula is C14H22N4O6. The van der Waals surface area contributed by atoms with Gasteiger partial charge in [-0.2, -0.15) is 0 Å². The van der Waals surface area contributed by atoms with E-state index in [-0.39, 0.29) is 0 Å². The van der Waals surface area contributed by atoms with Crippen LogP contribution in [0.1, 0.15) is 33.6 Å². The van der Waals surface area contributed by atoms with Crippen LogP contribution in [-0.4, -0.2) is 60.0 Å². The summed E-state index contributed by atoms with van der Waals surface area (Å²) in [4.78, 5) is 58.6. The van der Waals surface area contributed by atoms with Crippen molar-refractivity contribution in [3.05, 3.63) is 0 Å². The summed E-state index contributed by atoms with van der Waals surface area (Å²) in [6.45, 7) is 4.09. The molecule has 6 amide bonds. The van der Waals surface area contributed by atoms with Crippen LogP contribution in [0.3, 0.4) is 0 Å². The Kier molecular flexibility index (Phi) is 6.69. The van der Waals surface area contributed by atoms with Gasteiger partial charge in [0.15, 0.2) is 6.61 Å². The number of nitrogens with one attached hydrogen (secondary N) is 3. The number of hydrogen-bond acceptors (Lipinski definition) is 6. The standard InChI is InChI=1S/C14H22N4O6/c1-4-5-6-15-12(22)16-9(19)8-24-10(20)7-18-11(21)14(2,3)17-13(18)23/h4-8H2,1-3H3,(H,17,23)(H2,15,16,19,22). The van der Waals surface area contributed by atoms with Gasteiger partial charge in [0.1, 0.15) is 12.1 Å². The summed E-state index contributed by atoms with van der Waals surface area (Å²) in [6, 6.07) is -1.39. The fraction of sp³-hybridized carbons (Fsp3) is 0.643. The molecule has 0 radical (unpaired) electrons. The highest BCUT2D eigenvalue weighted by molar-refractivity contribution is 6.08. The SMILES string of the molecule is CCCCNC(=O)NC(=O)COC(=O)CN1C(=O)NC(C)(C)C1=O. The van der Waals surface area contributed by atoms with Crippen LogP contribution in [0, 0.1) is 0 Å². The van der Waals surface area contributed by atoms with Crippen LogP contribution >= 0.6 is 0 Å². The number of unbranched alkanes of at least 4 members (excludes halogenated alkanes) is 1. The molecule has 1 fully saturated rings. The average molecular weight is 342 g/mol. The van der Waals surface area contributed by atoms with E-state index in [2.05, 4.69) is 15.4 Å². The Bertz CT molecular complexity index is 545. The molecule has 24 heavy (non-hydrogen) atoms. The van der Waals surface area contributed by atoms with Gasteiger partial charge in [-0.3, -0.25) is 24.6 Å². The quantitative estimate of drug-likeness (QED) is 0.324. The summed E-state index contributed by atoms with van der Waals surface area (Å²) < 4.78 is 4.65. The first-order chi connectivity index (χ1) is 11.2. The van der Waals surface area contributed by atoms with Crippen LogP contribution in [-0.2, 0) is 19.1 Å². The molecule has 1 aliphatic heterocycles. The maximum absolute atomic E-state index is 11.9. The Morgan fingerprint density at radius 3 is 2.46 bits per heavy atom. The van der Waals surface area contributed by atoms with E-state index in [4.69, 9.17) is 0 Å². The molecule has 0 aromatic rings. The van der Waals surface area contributed by atoms with Crippen molar-refractivity contribution < 1.29 is 28.7 Å². The lowest BCUT2D eigenvalue weighted by Crippen LogP contribution is -2.43. The third-order valence-corrected chi connectivity index (χ3v) is 3.16. The molecule has 0 aromatic heterocycles. The lowest BCUT2D eigenvalue weighted by atomic mass is 10.1. The van der Waals surface area contributed by atoms with E-state index in [1.165, 1.54) is 13.8 Å². The third-order valence-electron chi connectivity index (χ3n) is 3.16. The van der Waals surface area contributed by atoms with Gasteiger partial charge in [-0.25, -0.2) is 9.59 Å². The van der Waals surface area contributed by atoms with Gasteiger partial charge in [0.05, 0.1) is 0 Å². The van der Waals surface area contributed by atoms with Crippen molar-refractivity contribution >= 4 is 29.8 Å². The van der Waals surface area contributed by atoms with Crippen LogP contribution in [0.5, 0.6) is 0 Å². The second-order valence-corrected chi connectivity index (χ2v) is 5.76. The number of urea groups is 2. The first-order valence-electron chi connectivity index (χ1n) is 7.54. The molecule has 10 nitrogen and oxygen atoms in total. The molecule has 1 rings (SSSR count). The maximum Gasteiger partial charge on any atom is 0.326 e. The molecular weight excluding hydrogens is 320 g/mol. The molecule has 3 N–H and O–H groups in total. The summed E-state index contributed by atoms with van der Waals surface area (Å²) in [5, 5.41) is 6.87. The summed E-state index contributed by atoms with van der Waals surface area (Å²) in [5.74, 6) is -2.31. The highest BCUT2D eigenvalue weighted by Gasteiger charge is 2.45. The minimum Gasteiger partial charge on any atom is -0.454 e. The van der Waals surface area contributed by atoms with Gasteiger partial charge in [0, 0.05) is 6.54 Å². The molecule has 0 bridgehead atoms. The van der Waals surface area contributed by atoms with Crippen LogP contribution in [0.4, 0.5) is 9.59 Å². The van der Waals surface area contributed by atoms with Gasteiger partial charge in [0.25, 0.3) is 11.8 Å². The Morgan fingerprint density at radius 2 is 1.92 bits per heavy atom. The summed E-state index contributed by atoms with van der Waals surface area (Å²) in [7, 11) is 0. The molecule has 0 spiro atoms. The molecule has 10 heteroatoms. The smallest absolute Gasteiger partial charge is 0.326 e. The van der Waals surface area contributed by atoms with Crippen molar-refractivity contribution in [3.63, 3.8) is 0 Å². The van der Waals surface area contributed by atoms with E-state index in [1.807, 2.05) is 12.2 Å². The predicted octanol–water partition coefficient (Wildman–Crippen LogP) is -0.514. The lowest BCUT2D eigenvalue weighted by molar-refractivity contribution is -0.150. The van der Waals surface area contributed by atoms with Crippen molar-refractivity contribution in [3.8, 4) is 0 Å². The van der Waals surface area contributed by atoms with Gasteiger partial charge < -0.3 is 15.4 Å². The second-order valence-electron chi connectivity index (χ2n) is 5.76. The largest absolute Gasteiger partial charge is 0.454 e. The third kappa shape index (κ3) is 5.52. The molecule has 0 unspecified atom stereocenters. The van der Waals surface area contributed by atoms with Gasteiger partial charge in [-0.15, -0.1) is 0 Å². The Labute approximate surface area is 139 Å². The number of carbonyl (C=O) groups is 5. The monoisotopic (exact) mass is 342 g/mol. The second kappa shape index (κ2) is 8.27. The molecule has 1 aliphatic rings. The normalized spacial score (nSPS) is 15.7. The van der Waals surface area contributed by atoms with Crippen molar-refractivity contribution in [2.24, 2.45) is 0 Å². The topological polar surface area (TPSA) is 134 Å². The number of imide groups is 2. The number of rotatable bonds is 7. The minimum atomic E-state index is -1.09. The molecule has 0 saturated carbocycles. The van der Waals surface area contributed by atoms with Crippen molar-refractivity contribution in [2.75, 3.05) is 19.7 Å². The lowest BCUT2D eigenvalue weighted by Gasteiger charge is -2.15. The summed E-state index contributed by atoms with van der Waals surface area (Å²) in [6.07, 6.45) is 1.67. The molecule has 1 heterocycles. The number of esters is 1.